The van der Waals surface area contributed by atoms with Crippen molar-refractivity contribution in [2.45, 2.75) is 32.8 Å². The van der Waals surface area contributed by atoms with Crippen LogP contribution < -0.4 is 15.1 Å². The molecule has 1 saturated heterocycles. The number of anilines is 2. The first-order valence-corrected chi connectivity index (χ1v) is 10.2. The molecule has 1 aromatic heterocycles. The van der Waals surface area contributed by atoms with Gasteiger partial charge in [-0.05, 0) is 20.3 Å². The molecule has 0 bridgehead atoms. The molecule has 0 saturated carbocycles. The molecule has 0 spiro atoms. The quantitative estimate of drug-likeness (QED) is 0.500. The molecule has 2 heterocycles. The van der Waals surface area contributed by atoms with Crippen molar-refractivity contribution in [1.29, 1.82) is 0 Å². The van der Waals surface area contributed by atoms with E-state index in [0.29, 0.717) is 63.5 Å². The van der Waals surface area contributed by atoms with Crippen LogP contribution in [0.15, 0.2) is 12.7 Å². The van der Waals surface area contributed by atoms with Gasteiger partial charge in [0.05, 0.1) is 6.61 Å². The Morgan fingerprint density at radius 3 is 2.73 bits per heavy atom. The fourth-order valence-corrected chi connectivity index (χ4v) is 2.99. The predicted octanol–water partition coefficient (Wildman–Crippen LogP) is 0.382. The molecule has 30 heavy (non-hydrogen) atoms. The molecule has 1 atom stereocenters. The van der Waals surface area contributed by atoms with Gasteiger partial charge in [-0.1, -0.05) is 6.08 Å². The Bertz CT molecular complexity index is 741. The van der Waals surface area contributed by atoms with Crippen molar-refractivity contribution in [2.75, 3.05) is 63.2 Å². The summed E-state index contributed by atoms with van der Waals surface area (Å²) in [7, 11) is 3.74. The molecule has 1 unspecified atom stereocenters. The first kappa shape index (κ1) is 23.5. The first-order valence-electron chi connectivity index (χ1n) is 10.2. The third-order valence-corrected chi connectivity index (χ3v) is 4.71. The molecular weight excluding hydrogens is 386 g/mol. The smallest absolute Gasteiger partial charge is 0.251 e. The summed E-state index contributed by atoms with van der Waals surface area (Å²) >= 11 is 0. The minimum absolute atomic E-state index is 0.0873. The van der Waals surface area contributed by atoms with Crippen LogP contribution in [0.4, 0.5) is 11.9 Å². The summed E-state index contributed by atoms with van der Waals surface area (Å²) in [6.07, 6.45) is 2.12. The number of aromatic nitrogens is 3. The number of carbonyl (C=O) groups is 2. The number of amides is 2. The minimum atomic E-state index is -0.579. The summed E-state index contributed by atoms with van der Waals surface area (Å²) in [6.45, 7) is 10.00. The number of ether oxygens (including phenoxy) is 1. The summed E-state index contributed by atoms with van der Waals surface area (Å²) in [6, 6.07) is 0. The fourth-order valence-electron chi connectivity index (χ4n) is 2.99. The zero-order chi connectivity index (χ0) is 22.1. The normalized spacial score (nSPS) is 16.6. The fraction of sp³-hybridized carbons (Fsp3) is 0.650. The SMILES string of the molecule is C=CCCOC(C)C(=O)N1CCC(=O)NCCN(c2nc(C)nc(N(C)C)n2)CC1. The van der Waals surface area contributed by atoms with Gasteiger partial charge in [0.15, 0.2) is 0 Å². The van der Waals surface area contributed by atoms with E-state index >= 15 is 0 Å². The number of hydrogen-bond acceptors (Lipinski definition) is 8. The molecule has 1 aliphatic heterocycles. The third kappa shape index (κ3) is 6.94. The molecule has 2 amide bonds. The summed E-state index contributed by atoms with van der Waals surface area (Å²) in [5.41, 5.74) is 0. The predicted molar refractivity (Wildman–Crippen MR) is 116 cm³/mol. The second-order valence-corrected chi connectivity index (χ2v) is 7.38. The molecule has 1 fully saturated rings. The summed E-state index contributed by atoms with van der Waals surface area (Å²) in [5, 5.41) is 2.89. The highest BCUT2D eigenvalue weighted by Crippen LogP contribution is 2.13. The third-order valence-electron chi connectivity index (χ3n) is 4.71. The highest BCUT2D eigenvalue weighted by Gasteiger charge is 2.24. The molecule has 1 N–H and O–H groups in total. The van der Waals surface area contributed by atoms with Gasteiger partial charge in [-0.15, -0.1) is 6.58 Å². The van der Waals surface area contributed by atoms with Gasteiger partial charge < -0.3 is 24.8 Å². The Kier molecular flexibility index (Phi) is 8.97. The summed E-state index contributed by atoms with van der Waals surface area (Å²) in [5.74, 6) is 1.49. The lowest BCUT2D eigenvalue weighted by Crippen LogP contribution is -2.48. The van der Waals surface area contributed by atoms with Crippen LogP contribution in [0.2, 0.25) is 0 Å². The van der Waals surface area contributed by atoms with E-state index in [9.17, 15) is 9.59 Å². The van der Waals surface area contributed by atoms with Crippen LogP contribution in [0, 0.1) is 6.92 Å². The van der Waals surface area contributed by atoms with Gasteiger partial charge in [-0.3, -0.25) is 9.59 Å². The van der Waals surface area contributed by atoms with E-state index < -0.39 is 6.10 Å². The van der Waals surface area contributed by atoms with Crippen molar-refractivity contribution in [3.63, 3.8) is 0 Å². The van der Waals surface area contributed by atoms with Gasteiger partial charge in [0.1, 0.15) is 11.9 Å². The van der Waals surface area contributed by atoms with E-state index in [4.69, 9.17) is 4.74 Å². The number of carbonyl (C=O) groups excluding carboxylic acids is 2. The second kappa shape index (κ2) is 11.4. The van der Waals surface area contributed by atoms with Crippen LogP contribution in [0.5, 0.6) is 0 Å². The average Bonchev–Trinajstić information content (AvgIpc) is 2.71. The molecule has 0 aromatic carbocycles. The molecule has 166 valence electrons. The van der Waals surface area contributed by atoms with E-state index in [2.05, 4.69) is 26.8 Å². The topological polar surface area (TPSA) is 104 Å². The Labute approximate surface area is 178 Å². The largest absolute Gasteiger partial charge is 0.368 e. The molecule has 0 radical (unpaired) electrons. The maximum Gasteiger partial charge on any atom is 0.251 e. The highest BCUT2D eigenvalue weighted by atomic mass is 16.5. The zero-order valence-electron chi connectivity index (χ0n) is 18.4. The maximum absolute atomic E-state index is 12.9. The monoisotopic (exact) mass is 419 g/mol. The lowest BCUT2D eigenvalue weighted by molar-refractivity contribution is -0.142. The van der Waals surface area contributed by atoms with E-state index in [0.717, 1.165) is 0 Å². The molecule has 10 nitrogen and oxygen atoms in total. The van der Waals surface area contributed by atoms with Crippen molar-refractivity contribution in [1.82, 2.24) is 25.2 Å². The van der Waals surface area contributed by atoms with Crippen LogP contribution in [0.25, 0.3) is 0 Å². The number of aryl methyl sites for hydroxylation is 1. The maximum atomic E-state index is 12.9. The number of nitrogens with zero attached hydrogens (tertiary/aromatic N) is 6. The molecule has 0 aliphatic carbocycles. The molecule has 2 rings (SSSR count). The van der Waals surface area contributed by atoms with Gasteiger partial charge in [0.2, 0.25) is 17.8 Å². The molecule has 1 aromatic rings. The summed E-state index contributed by atoms with van der Waals surface area (Å²) in [4.78, 5) is 43.8. The average molecular weight is 420 g/mol. The van der Waals surface area contributed by atoms with Crippen LogP contribution in [-0.2, 0) is 14.3 Å². The summed E-state index contributed by atoms with van der Waals surface area (Å²) < 4.78 is 5.61. The minimum Gasteiger partial charge on any atom is -0.368 e. The Morgan fingerprint density at radius 1 is 1.27 bits per heavy atom. The Hall–Kier alpha value is -2.75. The van der Waals surface area contributed by atoms with E-state index in [1.807, 2.05) is 30.8 Å². The van der Waals surface area contributed by atoms with Crippen molar-refractivity contribution in [3.05, 3.63) is 18.5 Å². The second-order valence-electron chi connectivity index (χ2n) is 7.38. The van der Waals surface area contributed by atoms with Gasteiger partial charge in [-0.25, -0.2) is 0 Å². The lowest BCUT2D eigenvalue weighted by atomic mass is 10.2. The first-order chi connectivity index (χ1) is 14.3. The standard InChI is InChI=1S/C20H33N7O3/c1-6-7-14-30-15(2)18(29)26-10-8-17(28)21-9-11-27(13-12-26)20-23-16(3)22-19(24-20)25(4)5/h6,15H,1,7-14H2,2-5H3,(H,21,28). The highest BCUT2D eigenvalue weighted by molar-refractivity contribution is 5.82. The van der Waals surface area contributed by atoms with Gasteiger partial charge in [0.25, 0.3) is 5.91 Å². The van der Waals surface area contributed by atoms with Crippen molar-refractivity contribution < 1.29 is 14.3 Å². The lowest BCUT2D eigenvalue weighted by Gasteiger charge is -2.31. The van der Waals surface area contributed by atoms with Crippen molar-refractivity contribution in [2.24, 2.45) is 0 Å². The van der Waals surface area contributed by atoms with E-state index in [1.54, 1.807) is 17.9 Å². The van der Waals surface area contributed by atoms with Gasteiger partial charge in [-0.2, -0.15) is 15.0 Å². The zero-order valence-corrected chi connectivity index (χ0v) is 18.4. The Morgan fingerprint density at radius 2 is 2.03 bits per heavy atom. The molecule has 1 aliphatic rings. The van der Waals surface area contributed by atoms with Crippen molar-refractivity contribution in [3.8, 4) is 0 Å². The number of hydrogen-bond donors (Lipinski definition) is 1. The van der Waals surface area contributed by atoms with E-state index in [1.165, 1.54) is 0 Å². The van der Waals surface area contributed by atoms with Gasteiger partial charge in [0, 0.05) is 53.2 Å². The van der Waals surface area contributed by atoms with Crippen LogP contribution >= 0.6 is 0 Å². The van der Waals surface area contributed by atoms with Crippen LogP contribution in [0.1, 0.15) is 25.6 Å². The van der Waals surface area contributed by atoms with Crippen LogP contribution in [0.3, 0.4) is 0 Å². The van der Waals surface area contributed by atoms with Crippen molar-refractivity contribution >= 4 is 23.7 Å². The molecule has 10 heteroatoms. The van der Waals surface area contributed by atoms with E-state index in [-0.39, 0.29) is 18.2 Å². The number of nitrogens with one attached hydrogen (secondary N) is 1. The van der Waals surface area contributed by atoms with Crippen LogP contribution in [-0.4, -0.2) is 91.2 Å². The molecular formula is C20H33N7O3. The Balaban J connectivity index is 2.16. The van der Waals surface area contributed by atoms with Gasteiger partial charge >= 0.3 is 0 Å². The number of rotatable bonds is 7.